The van der Waals surface area contributed by atoms with Gasteiger partial charge < -0.3 is 5.11 Å². The first-order valence-electron chi connectivity index (χ1n) is 4.61. The Morgan fingerprint density at radius 2 is 2.07 bits per heavy atom. The number of carboxylic acid groups (broad SMARTS) is 1. The lowest BCUT2D eigenvalue weighted by Crippen LogP contribution is -2.18. The molecule has 0 aliphatic carbocycles. The molecule has 0 heterocycles. The highest BCUT2D eigenvalue weighted by Gasteiger charge is 2.26. The van der Waals surface area contributed by atoms with E-state index in [1.165, 1.54) is 12.1 Å². The van der Waals surface area contributed by atoms with Crippen LogP contribution >= 0.6 is 15.9 Å². The van der Waals surface area contributed by atoms with Crippen LogP contribution < -0.4 is 0 Å². The minimum absolute atomic E-state index is 0.141. The van der Waals surface area contributed by atoms with Gasteiger partial charge >= 0.3 is 5.97 Å². The number of rotatable bonds is 3. The van der Waals surface area contributed by atoms with Crippen LogP contribution in [0.25, 0.3) is 0 Å². The summed E-state index contributed by atoms with van der Waals surface area (Å²) in [5, 5.41) is 9.01. The molecule has 0 aliphatic heterocycles. The average Bonchev–Trinajstić information content (AvgIpc) is 2.08. The first kappa shape index (κ1) is 12.2. The number of hydrogen-bond donors (Lipinski definition) is 1. The second kappa shape index (κ2) is 4.75. The van der Waals surface area contributed by atoms with Gasteiger partial charge in [-0.2, -0.15) is 0 Å². The summed E-state index contributed by atoms with van der Waals surface area (Å²) in [6.45, 7) is 3.53. The van der Waals surface area contributed by atoms with Gasteiger partial charge in [-0.05, 0) is 18.1 Å². The fraction of sp³-hybridized carbons (Fsp3) is 0.364. The second-order valence-corrected chi connectivity index (χ2v) is 4.64. The monoisotopic (exact) mass is 274 g/mol. The van der Waals surface area contributed by atoms with E-state index in [2.05, 4.69) is 15.9 Å². The maximum absolute atomic E-state index is 13.5. The summed E-state index contributed by atoms with van der Waals surface area (Å²) in [7, 11) is 0. The van der Waals surface area contributed by atoms with Crippen LogP contribution in [0.1, 0.15) is 25.3 Å². The van der Waals surface area contributed by atoms with Gasteiger partial charge in [-0.25, -0.2) is 4.39 Å². The number of carbonyl (C=O) groups is 1. The molecule has 0 spiro atoms. The van der Waals surface area contributed by atoms with Crippen molar-refractivity contribution in [3.63, 3.8) is 0 Å². The number of hydrogen-bond acceptors (Lipinski definition) is 1. The number of benzene rings is 1. The van der Waals surface area contributed by atoms with Gasteiger partial charge in [-0.3, -0.25) is 4.79 Å². The predicted octanol–water partition coefficient (Wildman–Crippen LogP) is 3.41. The SMILES string of the molecule is CC(C)C(C(=O)O)c1ccc(Br)cc1F. The molecule has 0 radical (unpaired) electrons. The highest BCUT2D eigenvalue weighted by Crippen LogP contribution is 2.28. The zero-order valence-corrected chi connectivity index (χ0v) is 10.1. The average molecular weight is 275 g/mol. The molecule has 2 nitrogen and oxygen atoms in total. The maximum atomic E-state index is 13.5. The van der Waals surface area contributed by atoms with Gasteiger partial charge in [-0.1, -0.05) is 35.8 Å². The van der Waals surface area contributed by atoms with Crippen molar-refractivity contribution in [2.75, 3.05) is 0 Å². The first-order chi connectivity index (χ1) is 6.93. The van der Waals surface area contributed by atoms with Crippen molar-refractivity contribution in [1.29, 1.82) is 0 Å². The minimum atomic E-state index is -0.994. The van der Waals surface area contributed by atoms with Gasteiger partial charge in [0.25, 0.3) is 0 Å². The van der Waals surface area contributed by atoms with E-state index in [1.807, 2.05) is 0 Å². The molecule has 1 aromatic carbocycles. The van der Waals surface area contributed by atoms with Crippen LogP contribution in [0.15, 0.2) is 22.7 Å². The van der Waals surface area contributed by atoms with Crippen molar-refractivity contribution < 1.29 is 14.3 Å². The topological polar surface area (TPSA) is 37.3 Å². The summed E-state index contributed by atoms with van der Waals surface area (Å²) in [5.74, 6) is -2.41. The fourth-order valence-corrected chi connectivity index (χ4v) is 1.86. The lowest BCUT2D eigenvalue weighted by Gasteiger charge is -2.17. The molecule has 15 heavy (non-hydrogen) atoms. The van der Waals surface area contributed by atoms with Crippen molar-refractivity contribution >= 4 is 21.9 Å². The quantitative estimate of drug-likeness (QED) is 0.917. The minimum Gasteiger partial charge on any atom is -0.481 e. The van der Waals surface area contributed by atoms with E-state index >= 15 is 0 Å². The molecule has 1 N–H and O–H groups in total. The third kappa shape index (κ3) is 2.78. The summed E-state index contributed by atoms with van der Waals surface area (Å²) < 4.78 is 14.1. The molecule has 1 atom stereocenters. The first-order valence-corrected chi connectivity index (χ1v) is 5.40. The Morgan fingerprint density at radius 1 is 1.47 bits per heavy atom. The van der Waals surface area contributed by atoms with Crippen LogP contribution in [0.5, 0.6) is 0 Å². The standard InChI is InChI=1S/C11H12BrFO2/c1-6(2)10(11(14)15)8-4-3-7(12)5-9(8)13/h3-6,10H,1-2H3,(H,14,15). The normalized spacial score (nSPS) is 12.9. The van der Waals surface area contributed by atoms with Gasteiger partial charge in [0.1, 0.15) is 5.82 Å². The Hall–Kier alpha value is -0.900. The van der Waals surface area contributed by atoms with Gasteiger partial charge in [0.15, 0.2) is 0 Å². The molecule has 0 bridgehead atoms. The molecule has 4 heteroatoms. The molecule has 0 amide bonds. The number of halogens is 2. The van der Waals surface area contributed by atoms with Crippen molar-refractivity contribution in [3.8, 4) is 0 Å². The Morgan fingerprint density at radius 3 is 2.47 bits per heavy atom. The Balaban J connectivity index is 3.17. The smallest absolute Gasteiger partial charge is 0.311 e. The number of aliphatic carboxylic acids is 1. The van der Waals surface area contributed by atoms with Gasteiger partial charge in [-0.15, -0.1) is 0 Å². The molecule has 82 valence electrons. The van der Waals surface area contributed by atoms with Crippen LogP contribution in [0, 0.1) is 11.7 Å². The lowest BCUT2D eigenvalue weighted by molar-refractivity contribution is -0.139. The largest absolute Gasteiger partial charge is 0.481 e. The summed E-state index contributed by atoms with van der Waals surface area (Å²) in [4.78, 5) is 11.0. The van der Waals surface area contributed by atoms with E-state index < -0.39 is 17.7 Å². The van der Waals surface area contributed by atoms with Crippen molar-refractivity contribution in [2.24, 2.45) is 5.92 Å². The summed E-state index contributed by atoms with van der Waals surface area (Å²) in [6.07, 6.45) is 0. The van der Waals surface area contributed by atoms with E-state index in [4.69, 9.17) is 5.11 Å². The van der Waals surface area contributed by atoms with Crippen LogP contribution in [0.3, 0.4) is 0 Å². The molecule has 0 fully saturated rings. The molecule has 1 aromatic rings. The molecule has 1 unspecified atom stereocenters. The molecule has 0 aromatic heterocycles. The summed E-state index contributed by atoms with van der Waals surface area (Å²) in [5.41, 5.74) is 0.237. The molecule has 0 saturated carbocycles. The van der Waals surface area contributed by atoms with E-state index in [0.29, 0.717) is 4.47 Å². The molecule has 0 aliphatic rings. The van der Waals surface area contributed by atoms with E-state index in [1.54, 1.807) is 19.9 Å². The number of carboxylic acids is 1. The van der Waals surface area contributed by atoms with E-state index in [-0.39, 0.29) is 11.5 Å². The van der Waals surface area contributed by atoms with Crippen molar-refractivity contribution in [3.05, 3.63) is 34.1 Å². The molecule has 1 rings (SSSR count). The van der Waals surface area contributed by atoms with E-state index in [0.717, 1.165) is 0 Å². The molecular weight excluding hydrogens is 263 g/mol. The van der Waals surface area contributed by atoms with Crippen molar-refractivity contribution in [2.45, 2.75) is 19.8 Å². The maximum Gasteiger partial charge on any atom is 0.311 e. The second-order valence-electron chi connectivity index (χ2n) is 3.73. The Labute approximate surface area is 96.2 Å². The summed E-state index contributed by atoms with van der Waals surface area (Å²) in [6, 6.07) is 4.45. The Kier molecular flexibility index (Phi) is 3.85. The van der Waals surface area contributed by atoms with Gasteiger partial charge in [0, 0.05) is 10.0 Å². The van der Waals surface area contributed by atoms with Crippen LogP contribution in [0.4, 0.5) is 4.39 Å². The zero-order valence-electron chi connectivity index (χ0n) is 8.50. The zero-order chi connectivity index (χ0) is 11.6. The van der Waals surface area contributed by atoms with Crippen LogP contribution in [0.2, 0.25) is 0 Å². The Bertz CT molecular complexity index is 377. The fourth-order valence-electron chi connectivity index (χ4n) is 1.53. The van der Waals surface area contributed by atoms with Gasteiger partial charge in [0.05, 0.1) is 5.92 Å². The van der Waals surface area contributed by atoms with Gasteiger partial charge in [0.2, 0.25) is 0 Å². The van der Waals surface area contributed by atoms with Crippen molar-refractivity contribution in [1.82, 2.24) is 0 Å². The third-order valence-electron chi connectivity index (χ3n) is 2.23. The lowest BCUT2D eigenvalue weighted by atomic mass is 9.88. The van der Waals surface area contributed by atoms with Crippen LogP contribution in [-0.2, 0) is 4.79 Å². The summed E-state index contributed by atoms with van der Waals surface area (Å²) >= 11 is 3.13. The molecule has 0 saturated heterocycles. The van der Waals surface area contributed by atoms with Crippen LogP contribution in [-0.4, -0.2) is 11.1 Å². The van der Waals surface area contributed by atoms with E-state index in [9.17, 15) is 9.18 Å². The predicted molar refractivity (Wildman–Crippen MR) is 59.3 cm³/mol. The molecular formula is C11H12BrFO2. The third-order valence-corrected chi connectivity index (χ3v) is 2.72. The highest BCUT2D eigenvalue weighted by atomic mass is 79.9. The highest BCUT2D eigenvalue weighted by molar-refractivity contribution is 9.10.